The van der Waals surface area contributed by atoms with E-state index in [-0.39, 0.29) is 12.5 Å². The van der Waals surface area contributed by atoms with Crippen LogP contribution in [0.3, 0.4) is 0 Å². The van der Waals surface area contributed by atoms with Crippen molar-refractivity contribution in [3.05, 3.63) is 29.3 Å². The van der Waals surface area contributed by atoms with Crippen molar-refractivity contribution >= 4 is 29.3 Å². The van der Waals surface area contributed by atoms with Gasteiger partial charge in [0.05, 0.1) is 0 Å². The third-order valence-electron chi connectivity index (χ3n) is 3.48. The molecule has 0 unspecified atom stereocenters. The van der Waals surface area contributed by atoms with Gasteiger partial charge in [0.1, 0.15) is 6.61 Å². The Kier molecular flexibility index (Phi) is 6.83. The van der Waals surface area contributed by atoms with Crippen LogP contribution in [0.5, 0.6) is 0 Å². The SMILES string of the molecule is COCC(=O)N1CCN(CCSc2ccc(Cl)cc2)CC1. The van der Waals surface area contributed by atoms with Gasteiger partial charge in [-0.25, -0.2) is 0 Å². The highest BCUT2D eigenvalue weighted by Gasteiger charge is 2.20. The molecule has 1 amide bonds. The lowest BCUT2D eigenvalue weighted by Gasteiger charge is -2.34. The van der Waals surface area contributed by atoms with Gasteiger partial charge in [0.25, 0.3) is 0 Å². The molecule has 4 nitrogen and oxygen atoms in total. The van der Waals surface area contributed by atoms with Crippen molar-refractivity contribution in [3.8, 4) is 0 Å². The summed E-state index contributed by atoms with van der Waals surface area (Å²) in [7, 11) is 1.56. The van der Waals surface area contributed by atoms with Crippen LogP contribution in [-0.2, 0) is 9.53 Å². The zero-order valence-corrected chi connectivity index (χ0v) is 13.8. The molecule has 1 fully saturated rings. The fourth-order valence-corrected chi connectivity index (χ4v) is 3.30. The van der Waals surface area contributed by atoms with Crippen LogP contribution in [0.1, 0.15) is 0 Å². The smallest absolute Gasteiger partial charge is 0.248 e. The minimum absolute atomic E-state index is 0.0905. The Morgan fingerprint density at radius 1 is 1.24 bits per heavy atom. The molecule has 21 heavy (non-hydrogen) atoms. The molecule has 0 bridgehead atoms. The number of halogens is 1. The first-order valence-corrected chi connectivity index (χ1v) is 8.43. The predicted octanol–water partition coefficient (Wildman–Crippen LogP) is 2.22. The molecule has 1 aliphatic rings. The van der Waals surface area contributed by atoms with E-state index >= 15 is 0 Å². The fourth-order valence-electron chi connectivity index (χ4n) is 2.26. The number of carbonyl (C=O) groups is 1. The molecule has 1 aromatic rings. The monoisotopic (exact) mass is 328 g/mol. The zero-order valence-electron chi connectivity index (χ0n) is 12.3. The van der Waals surface area contributed by atoms with Gasteiger partial charge in [-0.2, -0.15) is 0 Å². The van der Waals surface area contributed by atoms with Gasteiger partial charge in [-0.3, -0.25) is 9.69 Å². The summed E-state index contributed by atoms with van der Waals surface area (Å²) in [6.07, 6.45) is 0. The van der Waals surface area contributed by atoms with Gasteiger partial charge in [0.2, 0.25) is 5.91 Å². The van der Waals surface area contributed by atoms with E-state index in [2.05, 4.69) is 4.90 Å². The van der Waals surface area contributed by atoms with Crippen LogP contribution in [0.15, 0.2) is 29.2 Å². The van der Waals surface area contributed by atoms with Gasteiger partial charge in [0.15, 0.2) is 0 Å². The lowest BCUT2D eigenvalue weighted by atomic mass is 10.3. The van der Waals surface area contributed by atoms with Crippen LogP contribution in [0, 0.1) is 0 Å². The lowest BCUT2D eigenvalue weighted by Crippen LogP contribution is -2.50. The molecule has 1 heterocycles. The van der Waals surface area contributed by atoms with Crippen molar-refractivity contribution in [2.45, 2.75) is 4.90 Å². The zero-order chi connectivity index (χ0) is 15.1. The van der Waals surface area contributed by atoms with Crippen LogP contribution in [-0.4, -0.2) is 67.9 Å². The molecule has 0 radical (unpaired) electrons. The van der Waals surface area contributed by atoms with Crippen molar-refractivity contribution in [2.24, 2.45) is 0 Å². The van der Waals surface area contributed by atoms with Crippen LogP contribution in [0.2, 0.25) is 5.02 Å². The highest BCUT2D eigenvalue weighted by atomic mass is 35.5. The summed E-state index contributed by atoms with van der Waals surface area (Å²) in [5, 5.41) is 0.774. The summed E-state index contributed by atoms with van der Waals surface area (Å²) in [5.41, 5.74) is 0. The van der Waals surface area contributed by atoms with Gasteiger partial charge < -0.3 is 9.64 Å². The number of rotatable bonds is 6. The van der Waals surface area contributed by atoms with E-state index < -0.39 is 0 Å². The normalized spacial score (nSPS) is 16.2. The molecule has 6 heteroatoms. The molecule has 0 atom stereocenters. The summed E-state index contributed by atoms with van der Waals surface area (Å²) in [6, 6.07) is 7.94. The molecule has 0 N–H and O–H groups in total. The summed E-state index contributed by atoms with van der Waals surface area (Å²) in [4.78, 5) is 17.2. The van der Waals surface area contributed by atoms with E-state index in [1.54, 1.807) is 7.11 Å². The van der Waals surface area contributed by atoms with Crippen molar-refractivity contribution in [1.29, 1.82) is 0 Å². The highest BCUT2D eigenvalue weighted by Crippen LogP contribution is 2.20. The van der Waals surface area contributed by atoms with Gasteiger partial charge in [-0.1, -0.05) is 11.6 Å². The number of piperazine rings is 1. The first-order valence-electron chi connectivity index (χ1n) is 7.06. The minimum Gasteiger partial charge on any atom is -0.375 e. The number of benzene rings is 1. The Morgan fingerprint density at radius 3 is 2.52 bits per heavy atom. The Bertz CT molecular complexity index is 447. The fraction of sp³-hybridized carbons (Fsp3) is 0.533. The molecule has 0 aliphatic carbocycles. The van der Waals surface area contributed by atoms with E-state index in [0.717, 1.165) is 43.5 Å². The Morgan fingerprint density at radius 2 is 1.90 bits per heavy atom. The van der Waals surface area contributed by atoms with Crippen molar-refractivity contribution < 1.29 is 9.53 Å². The third kappa shape index (κ3) is 5.51. The number of ether oxygens (including phenoxy) is 1. The first-order chi connectivity index (χ1) is 10.2. The molecular formula is C15H21ClN2O2S. The minimum atomic E-state index is 0.0905. The Labute approximate surface area is 135 Å². The maximum Gasteiger partial charge on any atom is 0.248 e. The van der Waals surface area contributed by atoms with Gasteiger partial charge in [-0.15, -0.1) is 11.8 Å². The maximum absolute atomic E-state index is 11.7. The summed E-state index contributed by atoms with van der Waals surface area (Å²) in [6.45, 7) is 4.71. The molecule has 0 spiro atoms. The number of hydrogen-bond donors (Lipinski definition) is 0. The number of nitrogens with zero attached hydrogens (tertiary/aromatic N) is 2. The largest absolute Gasteiger partial charge is 0.375 e. The number of carbonyl (C=O) groups excluding carboxylic acids is 1. The number of methoxy groups -OCH3 is 1. The second kappa shape index (κ2) is 8.63. The average Bonchev–Trinajstić information content (AvgIpc) is 2.50. The van der Waals surface area contributed by atoms with E-state index in [1.165, 1.54) is 4.90 Å². The quantitative estimate of drug-likeness (QED) is 0.750. The van der Waals surface area contributed by atoms with Gasteiger partial charge in [0, 0.05) is 55.5 Å². The van der Waals surface area contributed by atoms with Crippen LogP contribution in [0.4, 0.5) is 0 Å². The molecule has 1 aliphatic heterocycles. The van der Waals surface area contributed by atoms with E-state index in [1.807, 2.05) is 40.9 Å². The standard InChI is InChI=1S/C15H21ClN2O2S/c1-20-12-15(19)18-8-6-17(7-9-18)10-11-21-14-4-2-13(16)3-5-14/h2-5H,6-12H2,1H3. The molecule has 0 saturated carbocycles. The van der Waals surface area contributed by atoms with Crippen LogP contribution >= 0.6 is 23.4 Å². The van der Waals surface area contributed by atoms with Crippen molar-refractivity contribution in [1.82, 2.24) is 9.80 Å². The number of thioether (sulfide) groups is 1. The van der Waals surface area contributed by atoms with E-state index in [0.29, 0.717) is 0 Å². The highest BCUT2D eigenvalue weighted by molar-refractivity contribution is 7.99. The van der Waals surface area contributed by atoms with E-state index in [4.69, 9.17) is 16.3 Å². The van der Waals surface area contributed by atoms with Crippen molar-refractivity contribution in [3.63, 3.8) is 0 Å². The molecular weight excluding hydrogens is 308 g/mol. The van der Waals surface area contributed by atoms with Gasteiger partial charge in [-0.05, 0) is 24.3 Å². The molecule has 116 valence electrons. The van der Waals surface area contributed by atoms with Crippen molar-refractivity contribution in [2.75, 3.05) is 52.2 Å². The maximum atomic E-state index is 11.7. The average molecular weight is 329 g/mol. The number of hydrogen-bond acceptors (Lipinski definition) is 4. The first kappa shape index (κ1) is 16.6. The van der Waals surface area contributed by atoms with Gasteiger partial charge >= 0.3 is 0 Å². The Balaban J connectivity index is 1.65. The lowest BCUT2D eigenvalue weighted by molar-refractivity contribution is -0.136. The molecule has 2 rings (SSSR count). The molecule has 1 saturated heterocycles. The number of amides is 1. The predicted molar refractivity (Wildman–Crippen MR) is 87.1 cm³/mol. The topological polar surface area (TPSA) is 32.8 Å². The van der Waals surface area contributed by atoms with Crippen LogP contribution in [0.25, 0.3) is 0 Å². The summed E-state index contributed by atoms with van der Waals surface area (Å²) < 4.78 is 4.89. The van der Waals surface area contributed by atoms with E-state index in [9.17, 15) is 4.79 Å². The summed E-state index contributed by atoms with van der Waals surface area (Å²) >= 11 is 7.71. The molecule has 1 aromatic carbocycles. The third-order valence-corrected chi connectivity index (χ3v) is 4.73. The van der Waals surface area contributed by atoms with Crippen LogP contribution < -0.4 is 0 Å². The second-order valence-electron chi connectivity index (χ2n) is 4.96. The molecule has 0 aromatic heterocycles. The Hall–Kier alpha value is -0.750. The second-order valence-corrected chi connectivity index (χ2v) is 6.56. The summed E-state index contributed by atoms with van der Waals surface area (Å²) in [5.74, 6) is 1.14.